The normalized spacial score (nSPS) is 24.2. The summed E-state index contributed by atoms with van der Waals surface area (Å²) in [5.41, 5.74) is 0. The molecule has 8 heteroatoms. The van der Waals surface area contributed by atoms with Gasteiger partial charge < -0.3 is 5.32 Å². The van der Waals surface area contributed by atoms with E-state index in [4.69, 9.17) is 0 Å². The highest BCUT2D eigenvalue weighted by atomic mass is 19.4. The first kappa shape index (κ1) is 16.7. The number of imide groups is 1. The van der Waals surface area contributed by atoms with Crippen LogP contribution in [0.25, 0.3) is 0 Å². The van der Waals surface area contributed by atoms with Gasteiger partial charge in [-0.25, -0.2) is 4.79 Å². The lowest BCUT2D eigenvalue weighted by Crippen LogP contribution is -2.49. The molecule has 0 spiro atoms. The highest BCUT2D eigenvalue weighted by Crippen LogP contribution is 2.20. The molecule has 2 N–H and O–H groups in total. The summed E-state index contributed by atoms with van der Waals surface area (Å²) in [7, 11) is 0. The number of carbonyl (C=O) groups is 2. The molecular formula is C12H20F3N3O2. The van der Waals surface area contributed by atoms with Crippen molar-refractivity contribution < 1.29 is 22.8 Å². The summed E-state index contributed by atoms with van der Waals surface area (Å²) in [6.45, 7) is 4.23. The van der Waals surface area contributed by atoms with Crippen LogP contribution >= 0.6 is 0 Å². The van der Waals surface area contributed by atoms with Crippen LogP contribution in [0.1, 0.15) is 20.3 Å². The van der Waals surface area contributed by atoms with Gasteiger partial charge in [0.15, 0.2) is 0 Å². The summed E-state index contributed by atoms with van der Waals surface area (Å²) >= 11 is 0. The number of hydrogen-bond donors (Lipinski definition) is 2. The van der Waals surface area contributed by atoms with Crippen LogP contribution in [-0.2, 0) is 4.79 Å². The molecule has 0 aromatic rings. The number of hydrogen-bond acceptors (Lipinski definition) is 3. The van der Waals surface area contributed by atoms with Gasteiger partial charge in [-0.2, -0.15) is 13.2 Å². The van der Waals surface area contributed by atoms with Crippen molar-refractivity contribution in [2.45, 2.75) is 26.4 Å². The molecule has 0 aromatic heterocycles. The summed E-state index contributed by atoms with van der Waals surface area (Å²) in [6.07, 6.45) is -3.40. The molecule has 116 valence electrons. The standard InChI is InChI=1S/C12H20F3N3O2/c1-8-3-9(2)5-18(4-8)6-10(19)17-11(20)16-7-12(13,14)15/h8-9H,3-7H2,1-2H3,(H2,16,17,19,20). The number of amides is 3. The zero-order valence-electron chi connectivity index (χ0n) is 11.6. The fraction of sp³-hybridized carbons (Fsp3) is 0.833. The van der Waals surface area contributed by atoms with Gasteiger partial charge in [-0.3, -0.25) is 15.0 Å². The van der Waals surface area contributed by atoms with Gasteiger partial charge >= 0.3 is 12.2 Å². The molecule has 0 saturated carbocycles. The maximum atomic E-state index is 11.9. The van der Waals surface area contributed by atoms with Gasteiger partial charge in [0.25, 0.3) is 0 Å². The minimum Gasteiger partial charge on any atom is -0.329 e. The Morgan fingerprint density at radius 3 is 2.25 bits per heavy atom. The van der Waals surface area contributed by atoms with E-state index in [1.54, 1.807) is 5.32 Å². The predicted octanol–water partition coefficient (Wildman–Crippen LogP) is 1.35. The summed E-state index contributed by atoms with van der Waals surface area (Å²) in [5.74, 6) is 0.335. The Balaban J connectivity index is 2.30. The minimum atomic E-state index is -4.49. The fourth-order valence-corrected chi connectivity index (χ4v) is 2.52. The van der Waals surface area contributed by atoms with E-state index in [1.165, 1.54) is 0 Å². The van der Waals surface area contributed by atoms with Crippen molar-refractivity contribution in [3.8, 4) is 0 Å². The Morgan fingerprint density at radius 2 is 1.75 bits per heavy atom. The van der Waals surface area contributed by atoms with E-state index in [9.17, 15) is 22.8 Å². The quantitative estimate of drug-likeness (QED) is 0.826. The molecule has 0 aromatic carbocycles. The number of halogens is 3. The number of alkyl halides is 3. The highest BCUT2D eigenvalue weighted by molar-refractivity contribution is 5.95. The second-order valence-corrected chi connectivity index (χ2v) is 5.49. The fourth-order valence-electron chi connectivity index (χ4n) is 2.52. The predicted molar refractivity (Wildman–Crippen MR) is 67.0 cm³/mol. The van der Waals surface area contributed by atoms with E-state index in [-0.39, 0.29) is 6.54 Å². The van der Waals surface area contributed by atoms with Crippen molar-refractivity contribution in [1.82, 2.24) is 15.5 Å². The Labute approximate surface area is 115 Å². The molecule has 3 amide bonds. The lowest BCUT2D eigenvalue weighted by molar-refractivity contribution is -0.125. The maximum Gasteiger partial charge on any atom is 0.405 e. The zero-order chi connectivity index (χ0) is 15.3. The van der Waals surface area contributed by atoms with E-state index >= 15 is 0 Å². The Kier molecular flexibility index (Phi) is 5.79. The minimum absolute atomic E-state index is 0.0219. The first-order valence-electron chi connectivity index (χ1n) is 6.52. The molecule has 1 aliphatic rings. The van der Waals surface area contributed by atoms with Gasteiger partial charge in [0.1, 0.15) is 6.54 Å². The van der Waals surface area contributed by atoms with Gasteiger partial charge in [0.2, 0.25) is 5.91 Å². The molecule has 0 aliphatic carbocycles. The molecule has 2 unspecified atom stereocenters. The average Bonchev–Trinajstić information content (AvgIpc) is 2.23. The Morgan fingerprint density at radius 1 is 1.20 bits per heavy atom. The first-order chi connectivity index (χ1) is 9.15. The SMILES string of the molecule is CC1CC(C)CN(CC(=O)NC(=O)NCC(F)(F)F)C1. The molecule has 2 atom stereocenters. The van der Waals surface area contributed by atoms with Crippen LogP contribution in [0.15, 0.2) is 0 Å². The van der Waals surface area contributed by atoms with Crippen molar-refractivity contribution in [3.05, 3.63) is 0 Å². The van der Waals surface area contributed by atoms with Crippen LogP contribution in [-0.4, -0.2) is 49.2 Å². The maximum absolute atomic E-state index is 11.9. The van der Waals surface area contributed by atoms with Gasteiger partial charge in [0.05, 0.1) is 6.54 Å². The second kappa shape index (κ2) is 6.92. The third-order valence-electron chi connectivity index (χ3n) is 3.01. The zero-order valence-corrected chi connectivity index (χ0v) is 11.6. The highest BCUT2D eigenvalue weighted by Gasteiger charge is 2.28. The Bertz CT molecular complexity index is 350. The average molecular weight is 295 g/mol. The van der Waals surface area contributed by atoms with Crippen molar-refractivity contribution in [2.75, 3.05) is 26.2 Å². The number of carbonyl (C=O) groups excluding carboxylic acids is 2. The van der Waals surface area contributed by atoms with Gasteiger partial charge in [-0.05, 0) is 18.3 Å². The third-order valence-corrected chi connectivity index (χ3v) is 3.01. The Hall–Kier alpha value is -1.31. The molecule has 1 heterocycles. The van der Waals surface area contributed by atoms with Crippen LogP contribution in [0.3, 0.4) is 0 Å². The van der Waals surface area contributed by atoms with Gasteiger partial charge in [0, 0.05) is 13.1 Å². The number of nitrogens with zero attached hydrogens (tertiary/aromatic N) is 1. The van der Waals surface area contributed by atoms with Crippen molar-refractivity contribution in [1.29, 1.82) is 0 Å². The molecule has 1 rings (SSSR count). The number of nitrogens with one attached hydrogen (secondary N) is 2. The molecule has 1 saturated heterocycles. The van der Waals surface area contributed by atoms with Crippen molar-refractivity contribution in [2.24, 2.45) is 11.8 Å². The topological polar surface area (TPSA) is 61.4 Å². The van der Waals surface area contributed by atoms with Crippen molar-refractivity contribution >= 4 is 11.9 Å². The first-order valence-corrected chi connectivity index (χ1v) is 6.52. The molecule has 1 fully saturated rings. The van der Waals surface area contributed by atoms with Crippen LogP contribution in [0.4, 0.5) is 18.0 Å². The summed E-state index contributed by atoms with van der Waals surface area (Å²) in [4.78, 5) is 24.6. The lowest BCUT2D eigenvalue weighted by Gasteiger charge is -2.34. The lowest BCUT2D eigenvalue weighted by atomic mass is 9.92. The molecule has 1 aliphatic heterocycles. The molecule has 0 radical (unpaired) electrons. The molecule has 20 heavy (non-hydrogen) atoms. The monoisotopic (exact) mass is 295 g/mol. The third kappa shape index (κ3) is 6.74. The van der Waals surface area contributed by atoms with Crippen molar-refractivity contribution in [3.63, 3.8) is 0 Å². The van der Waals surface area contributed by atoms with E-state index in [2.05, 4.69) is 13.8 Å². The summed E-state index contributed by atoms with van der Waals surface area (Å²) < 4.78 is 35.6. The van der Waals surface area contributed by atoms with E-state index in [0.717, 1.165) is 19.5 Å². The second-order valence-electron chi connectivity index (χ2n) is 5.49. The number of piperidine rings is 1. The molecule has 0 bridgehead atoms. The molecular weight excluding hydrogens is 275 g/mol. The number of urea groups is 1. The largest absolute Gasteiger partial charge is 0.405 e. The van der Waals surface area contributed by atoms with E-state index in [0.29, 0.717) is 11.8 Å². The van der Waals surface area contributed by atoms with Crippen LogP contribution in [0.5, 0.6) is 0 Å². The van der Waals surface area contributed by atoms with Crippen LogP contribution in [0.2, 0.25) is 0 Å². The van der Waals surface area contributed by atoms with Crippen LogP contribution in [0, 0.1) is 11.8 Å². The van der Waals surface area contributed by atoms with Gasteiger partial charge in [-0.1, -0.05) is 13.8 Å². The summed E-state index contributed by atoms with van der Waals surface area (Å²) in [6, 6.07) is -1.12. The molecule has 5 nitrogen and oxygen atoms in total. The van der Waals surface area contributed by atoms with E-state index in [1.807, 2.05) is 10.2 Å². The van der Waals surface area contributed by atoms with Crippen LogP contribution < -0.4 is 10.6 Å². The van der Waals surface area contributed by atoms with E-state index < -0.39 is 24.7 Å². The smallest absolute Gasteiger partial charge is 0.329 e. The summed E-state index contributed by atoms with van der Waals surface area (Å²) in [5, 5.41) is 3.49. The number of likely N-dealkylation sites (tertiary alicyclic amines) is 1. The van der Waals surface area contributed by atoms with Gasteiger partial charge in [-0.15, -0.1) is 0 Å². The number of rotatable bonds is 3.